The molecular formula is C16H15N3O5. The number of para-hydroxylation sites is 1. The van der Waals surface area contributed by atoms with Crippen LogP contribution in [0.25, 0.3) is 11.0 Å². The summed E-state index contributed by atoms with van der Waals surface area (Å²) in [6.07, 6.45) is 0. The van der Waals surface area contributed by atoms with Crippen LogP contribution in [0, 0.1) is 0 Å². The molecule has 0 bridgehead atoms. The Morgan fingerprint density at radius 3 is 2.79 bits per heavy atom. The Balaban J connectivity index is 1.50. The van der Waals surface area contributed by atoms with Gasteiger partial charge in [-0.25, -0.2) is 4.79 Å². The molecule has 3 heterocycles. The molecule has 0 spiro atoms. The van der Waals surface area contributed by atoms with E-state index in [9.17, 15) is 14.4 Å². The van der Waals surface area contributed by atoms with Crippen LogP contribution in [-0.2, 0) is 4.79 Å². The van der Waals surface area contributed by atoms with E-state index in [2.05, 4.69) is 5.32 Å². The first-order chi connectivity index (χ1) is 11.6. The van der Waals surface area contributed by atoms with Crippen LogP contribution in [0.5, 0.6) is 5.75 Å². The number of rotatable bonds is 3. The van der Waals surface area contributed by atoms with E-state index in [-0.39, 0.29) is 30.2 Å². The van der Waals surface area contributed by atoms with Crippen molar-refractivity contribution >= 4 is 28.8 Å². The maximum absolute atomic E-state index is 12.5. The number of urea groups is 1. The maximum Gasteiger partial charge on any atom is 0.324 e. The summed E-state index contributed by atoms with van der Waals surface area (Å²) in [5.74, 6) is 0.250. The first-order valence-corrected chi connectivity index (χ1v) is 7.54. The highest BCUT2D eigenvalue weighted by molar-refractivity contribution is 6.03. The number of carbonyl (C=O) groups is 3. The summed E-state index contributed by atoms with van der Waals surface area (Å²) in [6, 6.07) is 6.42. The predicted molar refractivity (Wildman–Crippen MR) is 82.7 cm³/mol. The van der Waals surface area contributed by atoms with Crippen LogP contribution in [0.3, 0.4) is 0 Å². The Kier molecular flexibility index (Phi) is 3.19. The van der Waals surface area contributed by atoms with E-state index in [0.717, 1.165) is 5.39 Å². The zero-order valence-electron chi connectivity index (χ0n) is 12.9. The Morgan fingerprint density at radius 2 is 2.12 bits per heavy atom. The molecule has 124 valence electrons. The van der Waals surface area contributed by atoms with E-state index < -0.39 is 6.03 Å². The second-order valence-corrected chi connectivity index (χ2v) is 5.78. The van der Waals surface area contributed by atoms with Crippen molar-refractivity contribution in [1.29, 1.82) is 0 Å². The number of ether oxygens (including phenoxy) is 1. The number of furan rings is 1. The maximum atomic E-state index is 12.5. The van der Waals surface area contributed by atoms with Crippen molar-refractivity contribution in [3.63, 3.8) is 0 Å². The largest absolute Gasteiger partial charge is 0.493 e. The lowest BCUT2D eigenvalue weighted by Crippen LogP contribution is -2.62. The quantitative estimate of drug-likeness (QED) is 0.842. The summed E-state index contributed by atoms with van der Waals surface area (Å²) in [6.45, 7) is 0.644. The van der Waals surface area contributed by atoms with Crippen molar-refractivity contribution < 1.29 is 23.5 Å². The summed E-state index contributed by atoms with van der Waals surface area (Å²) in [5.41, 5.74) is 0.523. The monoisotopic (exact) mass is 329 g/mol. The molecule has 2 aromatic rings. The molecule has 2 aliphatic rings. The molecule has 0 radical (unpaired) electrons. The van der Waals surface area contributed by atoms with Gasteiger partial charge in [0.2, 0.25) is 5.91 Å². The third-order valence-corrected chi connectivity index (χ3v) is 4.33. The van der Waals surface area contributed by atoms with Crippen LogP contribution in [-0.4, -0.2) is 60.4 Å². The van der Waals surface area contributed by atoms with Crippen LogP contribution in [0.4, 0.5) is 4.79 Å². The summed E-state index contributed by atoms with van der Waals surface area (Å²) >= 11 is 0. The minimum absolute atomic E-state index is 0.0205. The summed E-state index contributed by atoms with van der Waals surface area (Å²) in [4.78, 5) is 38.5. The van der Waals surface area contributed by atoms with Crippen molar-refractivity contribution in [3.05, 3.63) is 30.0 Å². The van der Waals surface area contributed by atoms with Gasteiger partial charge in [0.1, 0.15) is 0 Å². The Labute approximate surface area is 136 Å². The van der Waals surface area contributed by atoms with Crippen LogP contribution < -0.4 is 10.1 Å². The topological polar surface area (TPSA) is 92.1 Å². The van der Waals surface area contributed by atoms with Crippen LogP contribution in [0.15, 0.2) is 28.7 Å². The van der Waals surface area contributed by atoms with Gasteiger partial charge < -0.3 is 19.4 Å². The molecule has 2 fully saturated rings. The molecule has 2 aliphatic heterocycles. The smallest absolute Gasteiger partial charge is 0.324 e. The fourth-order valence-corrected chi connectivity index (χ4v) is 3.05. The van der Waals surface area contributed by atoms with Crippen molar-refractivity contribution in [2.24, 2.45) is 0 Å². The standard InChI is InChI=1S/C16H15N3O5/c1-23-11-4-2-3-9-5-12(24-14(9)11)15(21)18-7-10(8-18)19-13(20)6-17-16(19)22/h2-5,10H,6-8H2,1H3,(H,17,22). The van der Waals surface area contributed by atoms with E-state index in [4.69, 9.17) is 9.15 Å². The molecule has 24 heavy (non-hydrogen) atoms. The molecule has 1 aromatic heterocycles. The molecule has 1 aromatic carbocycles. The molecule has 0 atom stereocenters. The van der Waals surface area contributed by atoms with Crippen molar-refractivity contribution in [2.45, 2.75) is 6.04 Å². The lowest BCUT2D eigenvalue weighted by molar-refractivity contribution is -0.128. The molecule has 4 amide bonds. The minimum atomic E-state index is -0.398. The summed E-state index contributed by atoms with van der Waals surface area (Å²) in [5, 5.41) is 3.26. The highest BCUT2D eigenvalue weighted by Gasteiger charge is 2.43. The number of nitrogens with zero attached hydrogens (tertiary/aromatic N) is 2. The number of likely N-dealkylation sites (tertiary alicyclic amines) is 1. The van der Waals surface area contributed by atoms with E-state index in [0.29, 0.717) is 24.4 Å². The molecule has 4 rings (SSSR count). The fourth-order valence-electron chi connectivity index (χ4n) is 3.05. The van der Waals surface area contributed by atoms with Crippen LogP contribution >= 0.6 is 0 Å². The Bertz CT molecular complexity index is 837. The zero-order valence-corrected chi connectivity index (χ0v) is 12.9. The van der Waals surface area contributed by atoms with Gasteiger partial charge in [-0.05, 0) is 12.1 Å². The van der Waals surface area contributed by atoms with Gasteiger partial charge in [0.15, 0.2) is 17.1 Å². The molecule has 0 saturated carbocycles. The summed E-state index contributed by atoms with van der Waals surface area (Å²) < 4.78 is 10.9. The van der Waals surface area contributed by atoms with Gasteiger partial charge in [0.05, 0.1) is 19.7 Å². The number of methoxy groups -OCH3 is 1. The summed E-state index contributed by atoms with van der Waals surface area (Å²) in [7, 11) is 1.54. The highest BCUT2D eigenvalue weighted by atomic mass is 16.5. The average molecular weight is 329 g/mol. The number of imide groups is 1. The number of hydrogen-bond acceptors (Lipinski definition) is 5. The molecule has 2 saturated heterocycles. The first kappa shape index (κ1) is 14.6. The zero-order chi connectivity index (χ0) is 16.8. The Morgan fingerprint density at radius 1 is 1.33 bits per heavy atom. The average Bonchev–Trinajstić information content (AvgIpc) is 3.11. The number of amides is 4. The number of benzene rings is 1. The van der Waals surface area contributed by atoms with Crippen molar-refractivity contribution in [3.8, 4) is 5.75 Å². The van der Waals surface area contributed by atoms with E-state index in [1.165, 1.54) is 12.0 Å². The SMILES string of the molecule is COc1cccc2cc(C(=O)N3CC(N4C(=O)CNC4=O)C3)oc12. The highest BCUT2D eigenvalue weighted by Crippen LogP contribution is 2.30. The number of nitrogens with one attached hydrogen (secondary N) is 1. The third kappa shape index (κ3) is 2.10. The molecule has 8 nitrogen and oxygen atoms in total. The molecule has 0 aliphatic carbocycles. The predicted octanol–water partition coefficient (Wildman–Crippen LogP) is 0.818. The van der Waals surface area contributed by atoms with Crippen molar-refractivity contribution in [1.82, 2.24) is 15.1 Å². The van der Waals surface area contributed by atoms with Gasteiger partial charge >= 0.3 is 6.03 Å². The lowest BCUT2D eigenvalue weighted by atomic mass is 10.1. The van der Waals surface area contributed by atoms with Gasteiger partial charge in [0.25, 0.3) is 5.91 Å². The van der Waals surface area contributed by atoms with Gasteiger partial charge in [-0.15, -0.1) is 0 Å². The third-order valence-electron chi connectivity index (χ3n) is 4.33. The molecule has 1 N–H and O–H groups in total. The number of carbonyl (C=O) groups excluding carboxylic acids is 3. The minimum Gasteiger partial charge on any atom is -0.493 e. The van der Waals surface area contributed by atoms with Crippen LogP contribution in [0.1, 0.15) is 10.6 Å². The molecular weight excluding hydrogens is 314 g/mol. The normalized spacial score (nSPS) is 18.0. The number of hydrogen-bond donors (Lipinski definition) is 1. The second kappa shape index (κ2) is 5.26. The molecule has 0 unspecified atom stereocenters. The van der Waals surface area contributed by atoms with Gasteiger partial charge in [-0.2, -0.15) is 0 Å². The second-order valence-electron chi connectivity index (χ2n) is 5.78. The Hall–Kier alpha value is -3.03. The van der Waals surface area contributed by atoms with E-state index >= 15 is 0 Å². The molecule has 8 heteroatoms. The van der Waals surface area contributed by atoms with E-state index in [1.807, 2.05) is 12.1 Å². The van der Waals surface area contributed by atoms with Gasteiger partial charge in [-0.1, -0.05) is 12.1 Å². The van der Waals surface area contributed by atoms with Gasteiger partial charge in [-0.3, -0.25) is 14.5 Å². The van der Waals surface area contributed by atoms with Crippen LogP contribution in [0.2, 0.25) is 0 Å². The number of fused-ring (bicyclic) bond motifs is 1. The van der Waals surface area contributed by atoms with Crippen molar-refractivity contribution in [2.75, 3.05) is 26.7 Å². The fraction of sp³-hybridized carbons (Fsp3) is 0.312. The van der Waals surface area contributed by atoms with E-state index in [1.54, 1.807) is 17.0 Å². The lowest BCUT2D eigenvalue weighted by Gasteiger charge is -2.41. The van der Waals surface area contributed by atoms with Gasteiger partial charge in [0, 0.05) is 18.5 Å². The first-order valence-electron chi connectivity index (χ1n) is 7.54.